The summed E-state index contributed by atoms with van der Waals surface area (Å²) >= 11 is 0. The zero-order chi connectivity index (χ0) is 10.3. The molecule has 1 aliphatic heterocycles. The summed E-state index contributed by atoms with van der Waals surface area (Å²) in [4.78, 5) is 2.28. The van der Waals surface area contributed by atoms with Crippen LogP contribution < -0.4 is 5.73 Å². The SMILES string of the molecule is CC(C)n1nc2c(c1N)CCN(C)C2. The van der Waals surface area contributed by atoms with Crippen LogP contribution in [0.1, 0.15) is 31.1 Å². The summed E-state index contributed by atoms with van der Waals surface area (Å²) in [6, 6.07) is 0.353. The highest BCUT2D eigenvalue weighted by Crippen LogP contribution is 2.25. The van der Waals surface area contributed by atoms with Crippen molar-refractivity contribution in [3.05, 3.63) is 11.3 Å². The van der Waals surface area contributed by atoms with E-state index in [-0.39, 0.29) is 0 Å². The molecule has 0 fully saturated rings. The van der Waals surface area contributed by atoms with Gasteiger partial charge in [0.05, 0.1) is 5.69 Å². The molecular weight excluding hydrogens is 176 g/mol. The van der Waals surface area contributed by atoms with Gasteiger partial charge in [0.25, 0.3) is 0 Å². The largest absolute Gasteiger partial charge is 0.384 e. The molecule has 0 atom stereocenters. The summed E-state index contributed by atoms with van der Waals surface area (Å²) in [6.45, 7) is 6.23. The van der Waals surface area contributed by atoms with Gasteiger partial charge in [-0.25, -0.2) is 4.68 Å². The smallest absolute Gasteiger partial charge is 0.125 e. The minimum Gasteiger partial charge on any atom is -0.384 e. The Morgan fingerprint density at radius 2 is 2.14 bits per heavy atom. The highest BCUT2D eigenvalue weighted by molar-refractivity contribution is 5.45. The van der Waals surface area contributed by atoms with Gasteiger partial charge < -0.3 is 10.6 Å². The van der Waals surface area contributed by atoms with Crippen molar-refractivity contribution in [3.8, 4) is 0 Å². The lowest BCUT2D eigenvalue weighted by Gasteiger charge is -2.20. The first-order valence-corrected chi connectivity index (χ1v) is 5.14. The summed E-state index contributed by atoms with van der Waals surface area (Å²) < 4.78 is 1.93. The predicted molar refractivity (Wildman–Crippen MR) is 57.1 cm³/mol. The van der Waals surface area contributed by atoms with E-state index in [1.807, 2.05) is 4.68 Å². The Morgan fingerprint density at radius 3 is 2.79 bits per heavy atom. The molecule has 2 heterocycles. The zero-order valence-electron chi connectivity index (χ0n) is 9.12. The normalized spacial score (nSPS) is 17.4. The van der Waals surface area contributed by atoms with Crippen molar-refractivity contribution >= 4 is 5.82 Å². The molecule has 4 nitrogen and oxygen atoms in total. The zero-order valence-corrected chi connectivity index (χ0v) is 9.12. The van der Waals surface area contributed by atoms with Gasteiger partial charge >= 0.3 is 0 Å². The van der Waals surface area contributed by atoms with E-state index in [1.165, 1.54) is 5.56 Å². The van der Waals surface area contributed by atoms with Gasteiger partial charge in [0.1, 0.15) is 5.82 Å². The molecule has 1 aliphatic rings. The second kappa shape index (κ2) is 3.28. The van der Waals surface area contributed by atoms with Crippen LogP contribution in [-0.4, -0.2) is 28.3 Å². The summed E-state index contributed by atoms with van der Waals surface area (Å²) in [6.07, 6.45) is 1.03. The Morgan fingerprint density at radius 1 is 1.43 bits per heavy atom. The van der Waals surface area contributed by atoms with Gasteiger partial charge in [-0.3, -0.25) is 0 Å². The minimum atomic E-state index is 0.353. The first-order chi connectivity index (χ1) is 6.59. The number of fused-ring (bicyclic) bond motifs is 1. The number of hydrogen-bond donors (Lipinski definition) is 1. The van der Waals surface area contributed by atoms with Crippen LogP contribution in [0.5, 0.6) is 0 Å². The molecule has 2 rings (SSSR count). The highest BCUT2D eigenvalue weighted by atomic mass is 15.3. The second-order valence-electron chi connectivity index (χ2n) is 4.34. The first kappa shape index (κ1) is 9.52. The highest BCUT2D eigenvalue weighted by Gasteiger charge is 2.21. The Labute approximate surface area is 84.7 Å². The maximum atomic E-state index is 6.05. The summed E-state index contributed by atoms with van der Waals surface area (Å²) in [5.74, 6) is 0.864. The number of nitrogens with two attached hydrogens (primary N) is 1. The third-order valence-corrected chi connectivity index (χ3v) is 2.79. The fraction of sp³-hybridized carbons (Fsp3) is 0.700. The van der Waals surface area contributed by atoms with Crippen LogP contribution in [0.25, 0.3) is 0 Å². The van der Waals surface area contributed by atoms with Crippen molar-refractivity contribution in [2.75, 3.05) is 19.3 Å². The van der Waals surface area contributed by atoms with Gasteiger partial charge in [-0.15, -0.1) is 0 Å². The van der Waals surface area contributed by atoms with Crippen LogP contribution >= 0.6 is 0 Å². The van der Waals surface area contributed by atoms with Gasteiger partial charge in [0.15, 0.2) is 0 Å². The van der Waals surface area contributed by atoms with E-state index in [0.29, 0.717) is 6.04 Å². The fourth-order valence-corrected chi connectivity index (χ4v) is 1.96. The topological polar surface area (TPSA) is 47.1 Å². The van der Waals surface area contributed by atoms with Crippen LogP contribution in [-0.2, 0) is 13.0 Å². The number of likely N-dealkylation sites (N-methyl/N-ethyl adjacent to an activating group) is 1. The number of nitrogen functional groups attached to an aromatic ring is 1. The molecule has 0 bridgehead atoms. The molecule has 78 valence electrons. The molecule has 1 aromatic heterocycles. The van der Waals surface area contributed by atoms with Gasteiger partial charge in [0.2, 0.25) is 0 Å². The van der Waals surface area contributed by atoms with Crippen molar-refractivity contribution in [1.29, 1.82) is 0 Å². The molecule has 0 saturated heterocycles. The average Bonchev–Trinajstić information content (AvgIpc) is 2.43. The number of rotatable bonds is 1. The molecule has 14 heavy (non-hydrogen) atoms. The van der Waals surface area contributed by atoms with Crippen molar-refractivity contribution in [2.24, 2.45) is 0 Å². The maximum absolute atomic E-state index is 6.05. The maximum Gasteiger partial charge on any atom is 0.125 e. The van der Waals surface area contributed by atoms with E-state index in [1.54, 1.807) is 0 Å². The monoisotopic (exact) mass is 194 g/mol. The molecule has 1 aromatic rings. The third kappa shape index (κ3) is 1.39. The van der Waals surface area contributed by atoms with Crippen LogP contribution in [0, 0.1) is 0 Å². The fourth-order valence-electron chi connectivity index (χ4n) is 1.96. The van der Waals surface area contributed by atoms with E-state index < -0.39 is 0 Å². The molecule has 0 saturated carbocycles. The molecule has 2 N–H and O–H groups in total. The van der Waals surface area contributed by atoms with E-state index in [2.05, 4.69) is 30.9 Å². The number of hydrogen-bond acceptors (Lipinski definition) is 3. The molecule has 0 radical (unpaired) electrons. The van der Waals surface area contributed by atoms with Crippen molar-refractivity contribution in [2.45, 2.75) is 32.9 Å². The Bertz CT molecular complexity index is 340. The number of nitrogens with zero attached hydrogens (tertiary/aromatic N) is 3. The Kier molecular flexibility index (Phi) is 2.23. The lowest BCUT2D eigenvalue weighted by atomic mass is 10.1. The summed E-state index contributed by atoms with van der Waals surface area (Å²) in [5, 5.41) is 4.55. The van der Waals surface area contributed by atoms with Gasteiger partial charge in [-0.1, -0.05) is 0 Å². The molecule has 4 heteroatoms. The van der Waals surface area contributed by atoms with Crippen LogP contribution in [0.4, 0.5) is 5.82 Å². The standard InChI is InChI=1S/C10H18N4/c1-7(2)14-10(11)8-4-5-13(3)6-9(8)12-14/h7H,4-6,11H2,1-3H3. The Hall–Kier alpha value is -1.03. The molecule has 0 aliphatic carbocycles. The van der Waals surface area contributed by atoms with Crippen molar-refractivity contribution < 1.29 is 0 Å². The minimum absolute atomic E-state index is 0.353. The molecule has 0 spiro atoms. The Balaban J connectivity index is 2.40. The van der Waals surface area contributed by atoms with E-state index >= 15 is 0 Å². The van der Waals surface area contributed by atoms with Crippen LogP contribution in [0.3, 0.4) is 0 Å². The molecule has 0 aromatic carbocycles. The van der Waals surface area contributed by atoms with E-state index in [0.717, 1.165) is 31.0 Å². The van der Waals surface area contributed by atoms with Crippen LogP contribution in [0.2, 0.25) is 0 Å². The predicted octanol–water partition coefficient (Wildman–Crippen LogP) is 1.03. The van der Waals surface area contributed by atoms with Crippen molar-refractivity contribution in [3.63, 3.8) is 0 Å². The first-order valence-electron chi connectivity index (χ1n) is 5.14. The second-order valence-corrected chi connectivity index (χ2v) is 4.34. The number of anilines is 1. The average molecular weight is 194 g/mol. The lowest BCUT2D eigenvalue weighted by molar-refractivity contribution is 0.308. The van der Waals surface area contributed by atoms with Gasteiger partial charge in [-0.05, 0) is 27.3 Å². The lowest BCUT2D eigenvalue weighted by Crippen LogP contribution is -2.26. The van der Waals surface area contributed by atoms with Crippen LogP contribution in [0.15, 0.2) is 0 Å². The number of aromatic nitrogens is 2. The third-order valence-electron chi connectivity index (χ3n) is 2.79. The summed E-state index contributed by atoms with van der Waals surface area (Å²) in [7, 11) is 2.12. The molecule has 0 amide bonds. The quantitative estimate of drug-likeness (QED) is 0.726. The van der Waals surface area contributed by atoms with E-state index in [9.17, 15) is 0 Å². The van der Waals surface area contributed by atoms with E-state index in [4.69, 9.17) is 5.73 Å². The molecular formula is C10H18N4. The molecule has 0 unspecified atom stereocenters. The van der Waals surface area contributed by atoms with Gasteiger partial charge in [0, 0.05) is 24.7 Å². The summed E-state index contributed by atoms with van der Waals surface area (Å²) in [5.41, 5.74) is 8.47. The van der Waals surface area contributed by atoms with Gasteiger partial charge in [-0.2, -0.15) is 5.10 Å². The van der Waals surface area contributed by atoms with Crippen molar-refractivity contribution in [1.82, 2.24) is 14.7 Å².